The third-order valence-corrected chi connectivity index (χ3v) is 4.36. The summed E-state index contributed by atoms with van der Waals surface area (Å²) < 4.78 is 19.6. The average Bonchev–Trinajstić information content (AvgIpc) is 3.09. The number of halogens is 1. The molecule has 1 aliphatic heterocycles. The molecule has 1 aliphatic rings. The third-order valence-electron chi connectivity index (χ3n) is 4.36. The number of nitriles is 1. The number of rotatable bonds is 4. The van der Waals surface area contributed by atoms with Gasteiger partial charge >= 0.3 is 0 Å². The number of amides is 1. The molecule has 3 heterocycles. The van der Waals surface area contributed by atoms with Crippen molar-refractivity contribution in [1.29, 1.82) is 5.26 Å². The summed E-state index contributed by atoms with van der Waals surface area (Å²) >= 11 is 0. The summed E-state index contributed by atoms with van der Waals surface area (Å²) in [7, 11) is 1.54. The lowest BCUT2D eigenvalue weighted by Crippen LogP contribution is -2.13. The number of benzene rings is 1. The Bertz CT molecular complexity index is 1120. The fraction of sp³-hybridized carbons (Fsp3) is 0.100. The molecule has 0 unspecified atom stereocenters. The van der Waals surface area contributed by atoms with Crippen LogP contribution in [0.2, 0.25) is 0 Å². The molecule has 0 aliphatic carbocycles. The number of carbonyl (C=O) groups excluding carboxylic acids is 1. The number of pyridine rings is 2. The monoisotopic (exact) mass is 375 g/mol. The van der Waals surface area contributed by atoms with Gasteiger partial charge in [-0.05, 0) is 30.3 Å². The van der Waals surface area contributed by atoms with Crippen LogP contribution in [-0.2, 0) is 6.54 Å². The predicted molar refractivity (Wildman–Crippen MR) is 99.6 cm³/mol. The predicted octanol–water partition coefficient (Wildman–Crippen LogP) is 3.15. The van der Waals surface area contributed by atoms with E-state index in [9.17, 15) is 14.4 Å². The minimum absolute atomic E-state index is 0.0953. The first-order chi connectivity index (χ1) is 13.6. The lowest BCUT2D eigenvalue weighted by Gasteiger charge is -2.13. The van der Waals surface area contributed by atoms with E-state index in [-0.39, 0.29) is 29.3 Å². The summed E-state index contributed by atoms with van der Waals surface area (Å²) in [6, 6.07) is 11.2. The van der Waals surface area contributed by atoms with Gasteiger partial charge in [-0.1, -0.05) is 6.07 Å². The highest BCUT2D eigenvalue weighted by atomic mass is 19.1. The highest BCUT2D eigenvalue weighted by Gasteiger charge is 2.27. The molecule has 2 aromatic heterocycles. The van der Waals surface area contributed by atoms with Crippen LogP contribution in [0.25, 0.3) is 11.3 Å². The van der Waals surface area contributed by atoms with Crippen LogP contribution in [0.15, 0.2) is 42.6 Å². The molecule has 1 amide bonds. The van der Waals surface area contributed by atoms with Gasteiger partial charge in [0.25, 0.3) is 5.91 Å². The van der Waals surface area contributed by atoms with Crippen LogP contribution in [-0.4, -0.2) is 23.0 Å². The number of hydrogen-bond donors (Lipinski definition) is 2. The van der Waals surface area contributed by atoms with E-state index in [0.29, 0.717) is 28.5 Å². The molecule has 0 saturated heterocycles. The standard InChI is InChI=1S/C20H14FN5O2/c1-28-12-5-6-17(23-9-12)26-15-7-14(25-16-10-24-20(27)19(15)16)18-11(8-22)3-2-4-13(18)21/h2-7,9H,10H2,1H3,(H,24,27)(H,23,25,26). The molecule has 0 radical (unpaired) electrons. The van der Waals surface area contributed by atoms with Crippen LogP contribution in [0.3, 0.4) is 0 Å². The molecular weight excluding hydrogens is 361 g/mol. The van der Waals surface area contributed by atoms with Gasteiger partial charge in [0.2, 0.25) is 0 Å². The number of carbonyl (C=O) groups is 1. The van der Waals surface area contributed by atoms with Crippen LogP contribution in [0, 0.1) is 17.1 Å². The van der Waals surface area contributed by atoms with Crippen molar-refractivity contribution >= 4 is 17.4 Å². The minimum atomic E-state index is -0.558. The lowest BCUT2D eigenvalue weighted by atomic mass is 10.0. The molecule has 0 spiro atoms. The smallest absolute Gasteiger partial charge is 0.255 e. The Morgan fingerprint density at radius 2 is 2.14 bits per heavy atom. The SMILES string of the molecule is COc1ccc(Nc2cc(-c3c(F)cccc3C#N)nc3c2C(=O)NC3)nc1. The van der Waals surface area contributed by atoms with E-state index in [0.717, 1.165) is 0 Å². The summed E-state index contributed by atoms with van der Waals surface area (Å²) in [4.78, 5) is 20.9. The number of anilines is 2. The van der Waals surface area contributed by atoms with Crippen molar-refractivity contribution in [3.8, 4) is 23.1 Å². The summed E-state index contributed by atoms with van der Waals surface area (Å²) in [5.74, 6) is 0.235. The van der Waals surface area contributed by atoms with Gasteiger partial charge in [0.05, 0.1) is 59.7 Å². The van der Waals surface area contributed by atoms with E-state index in [1.54, 1.807) is 18.2 Å². The molecule has 1 aromatic carbocycles. The fourth-order valence-corrected chi connectivity index (χ4v) is 3.05. The van der Waals surface area contributed by atoms with Crippen molar-refractivity contribution in [1.82, 2.24) is 15.3 Å². The number of hydrogen-bond acceptors (Lipinski definition) is 6. The Balaban J connectivity index is 1.84. The molecule has 0 bridgehead atoms. The molecule has 4 rings (SSSR count). The molecule has 7 nitrogen and oxygen atoms in total. The van der Waals surface area contributed by atoms with Crippen LogP contribution < -0.4 is 15.4 Å². The Hall–Kier alpha value is -3.99. The normalized spacial score (nSPS) is 12.1. The number of nitrogens with zero attached hydrogens (tertiary/aromatic N) is 3. The van der Waals surface area contributed by atoms with Gasteiger partial charge in [-0.25, -0.2) is 14.4 Å². The second kappa shape index (κ2) is 6.96. The van der Waals surface area contributed by atoms with Gasteiger partial charge in [0, 0.05) is 0 Å². The van der Waals surface area contributed by atoms with Crippen molar-refractivity contribution in [2.45, 2.75) is 6.54 Å². The average molecular weight is 375 g/mol. The number of aromatic nitrogens is 2. The first kappa shape index (κ1) is 17.4. The lowest BCUT2D eigenvalue weighted by molar-refractivity contribution is 0.0966. The Kier molecular flexibility index (Phi) is 4.33. The van der Waals surface area contributed by atoms with Crippen LogP contribution in [0.1, 0.15) is 21.6 Å². The van der Waals surface area contributed by atoms with E-state index in [1.807, 2.05) is 6.07 Å². The Morgan fingerprint density at radius 1 is 1.29 bits per heavy atom. The van der Waals surface area contributed by atoms with Gasteiger partial charge in [0.1, 0.15) is 17.4 Å². The molecule has 0 atom stereocenters. The number of methoxy groups -OCH3 is 1. The van der Waals surface area contributed by atoms with E-state index in [4.69, 9.17) is 4.74 Å². The van der Waals surface area contributed by atoms with Gasteiger partial charge in [-0.2, -0.15) is 5.26 Å². The zero-order valence-electron chi connectivity index (χ0n) is 14.8. The molecular formula is C20H14FN5O2. The van der Waals surface area contributed by atoms with Crippen LogP contribution in [0.5, 0.6) is 5.75 Å². The fourth-order valence-electron chi connectivity index (χ4n) is 3.05. The van der Waals surface area contributed by atoms with E-state index >= 15 is 0 Å². The topological polar surface area (TPSA) is 99.9 Å². The second-order valence-electron chi connectivity index (χ2n) is 6.04. The van der Waals surface area contributed by atoms with Crippen molar-refractivity contribution in [2.24, 2.45) is 0 Å². The van der Waals surface area contributed by atoms with Crippen molar-refractivity contribution < 1.29 is 13.9 Å². The molecule has 2 N–H and O–H groups in total. The van der Waals surface area contributed by atoms with E-state index in [2.05, 4.69) is 20.6 Å². The number of ether oxygens (including phenoxy) is 1. The summed E-state index contributed by atoms with van der Waals surface area (Å²) in [6.07, 6.45) is 1.54. The zero-order chi connectivity index (χ0) is 19.7. The van der Waals surface area contributed by atoms with Gasteiger partial charge in [-0.15, -0.1) is 0 Å². The highest BCUT2D eigenvalue weighted by molar-refractivity contribution is 6.04. The van der Waals surface area contributed by atoms with Crippen molar-refractivity contribution in [3.05, 3.63) is 65.2 Å². The van der Waals surface area contributed by atoms with Crippen LogP contribution >= 0.6 is 0 Å². The molecule has 8 heteroatoms. The molecule has 28 heavy (non-hydrogen) atoms. The molecule has 138 valence electrons. The second-order valence-corrected chi connectivity index (χ2v) is 6.04. The van der Waals surface area contributed by atoms with Gasteiger partial charge in [-0.3, -0.25) is 4.79 Å². The Morgan fingerprint density at radius 3 is 2.86 bits per heavy atom. The maximum absolute atomic E-state index is 14.5. The van der Waals surface area contributed by atoms with Crippen molar-refractivity contribution in [3.63, 3.8) is 0 Å². The van der Waals surface area contributed by atoms with Gasteiger partial charge < -0.3 is 15.4 Å². The third kappa shape index (κ3) is 2.99. The molecule has 0 fully saturated rings. The first-order valence-corrected chi connectivity index (χ1v) is 8.39. The highest BCUT2D eigenvalue weighted by Crippen LogP contribution is 2.33. The van der Waals surface area contributed by atoms with Gasteiger partial charge in [0.15, 0.2) is 0 Å². The summed E-state index contributed by atoms with van der Waals surface area (Å²) in [5, 5.41) is 15.1. The first-order valence-electron chi connectivity index (χ1n) is 8.39. The quantitative estimate of drug-likeness (QED) is 0.727. The van der Waals surface area contributed by atoms with E-state index < -0.39 is 5.82 Å². The maximum atomic E-state index is 14.5. The number of nitrogens with one attached hydrogen (secondary N) is 2. The maximum Gasteiger partial charge on any atom is 0.255 e. The zero-order valence-corrected chi connectivity index (χ0v) is 14.8. The summed E-state index contributed by atoms with van der Waals surface area (Å²) in [5.41, 5.74) is 1.80. The molecule has 0 saturated carbocycles. The molecule has 3 aromatic rings. The van der Waals surface area contributed by atoms with Crippen molar-refractivity contribution in [2.75, 3.05) is 12.4 Å². The Labute approximate surface area is 159 Å². The summed E-state index contributed by atoms with van der Waals surface area (Å²) in [6.45, 7) is 0.225. The van der Waals surface area contributed by atoms with E-state index in [1.165, 1.54) is 31.5 Å². The number of fused-ring (bicyclic) bond motifs is 1. The van der Waals surface area contributed by atoms with Crippen LogP contribution in [0.4, 0.5) is 15.9 Å². The largest absolute Gasteiger partial charge is 0.495 e. The minimum Gasteiger partial charge on any atom is -0.495 e.